The number of likely N-dealkylation sites (N-methyl/N-ethyl adjacent to an activating group) is 1. The van der Waals surface area contributed by atoms with Crippen molar-refractivity contribution in [3.8, 4) is 0 Å². The van der Waals surface area contributed by atoms with Gasteiger partial charge in [0.25, 0.3) is 5.91 Å². The Balaban J connectivity index is 1.40. The second kappa shape index (κ2) is 9.98. The Hall–Kier alpha value is -1.99. The van der Waals surface area contributed by atoms with E-state index in [1.807, 2.05) is 0 Å². The molecule has 0 bridgehead atoms. The molecular weight excluding hydrogens is 359 g/mol. The number of carbonyl (C=O) groups is 2. The summed E-state index contributed by atoms with van der Waals surface area (Å²) >= 11 is 0. The summed E-state index contributed by atoms with van der Waals surface area (Å²) in [7, 11) is 2.14. The minimum atomic E-state index is -0.357. The number of hydrogen-bond acceptors (Lipinski definition) is 4. The summed E-state index contributed by atoms with van der Waals surface area (Å²) in [5.41, 5.74) is 0.467. The number of halogens is 1. The van der Waals surface area contributed by atoms with Gasteiger partial charge in [0.2, 0.25) is 5.91 Å². The average molecular weight is 391 g/mol. The van der Waals surface area contributed by atoms with Gasteiger partial charge in [-0.2, -0.15) is 0 Å². The van der Waals surface area contributed by atoms with E-state index in [0.717, 1.165) is 52.0 Å². The molecule has 1 atom stereocenters. The number of hydrogen-bond donors (Lipinski definition) is 1. The Morgan fingerprint density at radius 1 is 1.11 bits per heavy atom. The van der Waals surface area contributed by atoms with Crippen molar-refractivity contribution in [3.05, 3.63) is 35.6 Å². The fraction of sp³-hybridized carbons (Fsp3) is 0.619. The molecule has 28 heavy (non-hydrogen) atoms. The molecule has 6 nitrogen and oxygen atoms in total. The number of nitrogens with zero attached hydrogens (tertiary/aromatic N) is 3. The third-order valence-electron chi connectivity index (χ3n) is 5.72. The van der Waals surface area contributed by atoms with Crippen LogP contribution in [-0.4, -0.2) is 85.9 Å². The molecule has 7 heteroatoms. The van der Waals surface area contributed by atoms with Crippen LogP contribution in [0.5, 0.6) is 0 Å². The quantitative estimate of drug-likeness (QED) is 0.747. The minimum Gasteiger partial charge on any atom is -0.356 e. The smallest absolute Gasteiger partial charge is 0.253 e. The van der Waals surface area contributed by atoms with E-state index >= 15 is 0 Å². The van der Waals surface area contributed by atoms with Gasteiger partial charge in [-0.15, -0.1) is 0 Å². The lowest BCUT2D eigenvalue weighted by atomic mass is 9.96. The topological polar surface area (TPSA) is 55.9 Å². The summed E-state index contributed by atoms with van der Waals surface area (Å²) in [6.07, 6.45) is 2.56. The third-order valence-corrected chi connectivity index (χ3v) is 5.72. The van der Waals surface area contributed by atoms with E-state index < -0.39 is 0 Å². The number of rotatable bonds is 6. The highest BCUT2D eigenvalue weighted by atomic mass is 19.1. The molecule has 2 fully saturated rings. The molecule has 1 N–H and O–H groups in total. The van der Waals surface area contributed by atoms with Gasteiger partial charge in [0.1, 0.15) is 5.82 Å². The van der Waals surface area contributed by atoms with Crippen LogP contribution in [0, 0.1) is 11.7 Å². The first-order valence-corrected chi connectivity index (χ1v) is 10.3. The second-order valence-corrected chi connectivity index (χ2v) is 7.89. The zero-order chi connectivity index (χ0) is 19.9. The highest BCUT2D eigenvalue weighted by molar-refractivity contribution is 5.94. The monoisotopic (exact) mass is 390 g/mol. The fourth-order valence-electron chi connectivity index (χ4n) is 3.88. The molecule has 0 radical (unpaired) electrons. The van der Waals surface area contributed by atoms with Crippen LogP contribution in [0.3, 0.4) is 0 Å². The van der Waals surface area contributed by atoms with Gasteiger partial charge in [0, 0.05) is 51.4 Å². The lowest BCUT2D eigenvalue weighted by Gasteiger charge is -2.33. The molecule has 0 aliphatic carbocycles. The van der Waals surface area contributed by atoms with Crippen LogP contribution in [0.15, 0.2) is 24.3 Å². The van der Waals surface area contributed by atoms with Crippen LogP contribution in [-0.2, 0) is 4.79 Å². The average Bonchev–Trinajstić information content (AvgIpc) is 2.72. The third kappa shape index (κ3) is 5.75. The van der Waals surface area contributed by atoms with E-state index in [1.165, 1.54) is 24.3 Å². The summed E-state index contributed by atoms with van der Waals surface area (Å²) in [6, 6.07) is 5.59. The summed E-state index contributed by atoms with van der Waals surface area (Å²) in [6.45, 7) is 7.14. The number of amides is 2. The summed E-state index contributed by atoms with van der Waals surface area (Å²) in [5, 5.41) is 3.04. The maximum absolute atomic E-state index is 13.1. The first-order valence-electron chi connectivity index (χ1n) is 10.3. The predicted octanol–water partition coefficient (Wildman–Crippen LogP) is 1.43. The first-order chi connectivity index (χ1) is 13.5. The maximum atomic E-state index is 13.1. The maximum Gasteiger partial charge on any atom is 0.253 e. The van der Waals surface area contributed by atoms with Crippen molar-refractivity contribution < 1.29 is 14.0 Å². The minimum absolute atomic E-state index is 0.0370. The Morgan fingerprint density at radius 3 is 2.54 bits per heavy atom. The Kier molecular flexibility index (Phi) is 7.39. The SMILES string of the molecule is CN1CCN(CCCNC(=O)C2CCCN(C(=O)c3ccc(F)cc3)C2)CC1. The molecular formula is C21H31FN4O2. The van der Waals surface area contributed by atoms with E-state index in [-0.39, 0.29) is 23.5 Å². The van der Waals surface area contributed by atoms with Crippen LogP contribution in [0.4, 0.5) is 4.39 Å². The number of likely N-dealkylation sites (tertiary alicyclic amines) is 1. The second-order valence-electron chi connectivity index (χ2n) is 7.89. The summed E-state index contributed by atoms with van der Waals surface area (Å²) in [4.78, 5) is 31.6. The highest BCUT2D eigenvalue weighted by Gasteiger charge is 2.28. The normalized spacial score (nSPS) is 21.5. The lowest BCUT2D eigenvalue weighted by molar-refractivity contribution is -0.126. The molecule has 2 saturated heterocycles. The van der Waals surface area contributed by atoms with Crippen molar-refractivity contribution >= 4 is 11.8 Å². The molecule has 0 saturated carbocycles. The van der Waals surface area contributed by atoms with Crippen molar-refractivity contribution in [3.63, 3.8) is 0 Å². The van der Waals surface area contributed by atoms with E-state index in [0.29, 0.717) is 25.2 Å². The molecule has 1 unspecified atom stereocenters. The molecule has 1 aromatic rings. The summed E-state index contributed by atoms with van der Waals surface area (Å²) < 4.78 is 13.1. The lowest BCUT2D eigenvalue weighted by Crippen LogP contribution is -2.46. The van der Waals surface area contributed by atoms with Crippen molar-refractivity contribution in [2.24, 2.45) is 5.92 Å². The molecule has 2 aliphatic heterocycles. The zero-order valence-electron chi connectivity index (χ0n) is 16.7. The van der Waals surface area contributed by atoms with E-state index in [4.69, 9.17) is 0 Å². The molecule has 154 valence electrons. The van der Waals surface area contributed by atoms with Gasteiger partial charge in [-0.3, -0.25) is 9.59 Å². The van der Waals surface area contributed by atoms with Crippen molar-refractivity contribution in [2.75, 3.05) is 59.4 Å². The fourth-order valence-corrected chi connectivity index (χ4v) is 3.88. The van der Waals surface area contributed by atoms with Crippen molar-refractivity contribution in [1.82, 2.24) is 20.0 Å². The predicted molar refractivity (Wildman–Crippen MR) is 107 cm³/mol. The molecule has 0 spiro atoms. The number of benzene rings is 1. The summed E-state index contributed by atoms with van der Waals surface area (Å²) in [5.74, 6) is -0.617. The molecule has 2 amide bonds. The molecule has 3 rings (SSSR count). The number of carbonyl (C=O) groups excluding carboxylic acids is 2. The zero-order valence-corrected chi connectivity index (χ0v) is 16.7. The van der Waals surface area contributed by atoms with Crippen molar-refractivity contribution in [2.45, 2.75) is 19.3 Å². The van der Waals surface area contributed by atoms with E-state index in [2.05, 4.69) is 22.2 Å². The van der Waals surface area contributed by atoms with Gasteiger partial charge >= 0.3 is 0 Å². The Labute approximate surface area is 166 Å². The molecule has 0 aromatic heterocycles. The largest absolute Gasteiger partial charge is 0.356 e. The van der Waals surface area contributed by atoms with Crippen LogP contribution in [0.25, 0.3) is 0 Å². The van der Waals surface area contributed by atoms with Gasteiger partial charge in [-0.1, -0.05) is 0 Å². The van der Waals surface area contributed by atoms with Gasteiger partial charge in [0.05, 0.1) is 5.92 Å². The van der Waals surface area contributed by atoms with Crippen molar-refractivity contribution in [1.29, 1.82) is 0 Å². The van der Waals surface area contributed by atoms with Crippen LogP contribution in [0.2, 0.25) is 0 Å². The van der Waals surface area contributed by atoms with Gasteiger partial charge < -0.3 is 20.0 Å². The van der Waals surface area contributed by atoms with Crippen LogP contribution >= 0.6 is 0 Å². The number of nitrogens with one attached hydrogen (secondary N) is 1. The molecule has 2 aliphatic rings. The van der Waals surface area contributed by atoms with Gasteiger partial charge in [-0.05, 0) is 57.1 Å². The molecule has 1 aromatic carbocycles. The molecule has 2 heterocycles. The Bertz CT molecular complexity index is 659. The standard InChI is InChI=1S/C21H31FN4O2/c1-24-12-14-25(15-13-24)10-3-9-23-20(27)18-4-2-11-26(16-18)21(28)17-5-7-19(22)8-6-17/h5-8,18H,2-4,9-16H2,1H3,(H,23,27). The van der Waals surface area contributed by atoms with E-state index in [9.17, 15) is 14.0 Å². The highest BCUT2D eigenvalue weighted by Crippen LogP contribution is 2.19. The van der Waals surface area contributed by atoms with Gasteiger partial charge in [0.15, 0.2) is 0 Å². The van der Waals surface area contributed by atoms with Gasteiger partial charge in [-0.25, -0.2) is 4.39 Å². The Morgan fingerprint density at radius 2 is 1.82 bits per heavy atom. The number of piperidine rings is 1. The number of piperazine rings is 1. The van der Waals surface area contributed by atoms with Crippen LogP contribution in [0.1, 0.15) is 29.6 Å². The van der Waals surface area contributed by atoms with E-state index in [1.54, 1.807) is 4.90 Å². The van der Waals surface area contributed by atoms with Crippen LogP contribution < -0.4 is 5.32 Å². The first kappa shape index (κ1) is 20.7.